The third-order valence-electron chi connectivity index (χ3n) is 3.02. The molecule has 0 radical (unpaired) electrons. The zero-order valence-corrected chi connectivity index (χ0v) is 10.6. The molecule has 0 atom stereocenters. The smallest absolute Gasteiger partial charge is 0.256 e. The average molecular weight is 264 g/mol. The van der Waals surface area contributed by atoms with Crippen LogP contribution in [-0.2, 0) is 0 Å². The minimum Gasteiger partial charge on any atom is -0.508 e. The predicted octanol–water partition coefficient (Wildman–Crippen LogP) is 3.19. The number of carbonyl (C=O) groups is 1. The molecule has 1 heterocycles. The Morgan fingerprint density at radius 2 is 1.85 bits per heavy atom. The van der Waals surface area contributed by atoms with Crippen LogP contribution in [0.2, 0.25) is 0 Å². The van der Waals surface area contributed by atoms with E-state index >= 15 is 0 Å². The van der Waals surface area contributed by atoms with Crippen molar-refractivity contribution in [2.45, 2.75) is 0 Å². The number of aromatic hydroxyl groups is 1. The molecule has 0 bridgehead atoms. The highest BCUT2D eigenvalue weighted by atomic mass is 16.3. The van der Waals surface area contributed by atoms with Gasteiger partial charge in [-0.05, 0) is 41.8 Å². The Morgan fingerprint density at radius 1 is 1.05 bits per heavy atom. The maximum atomic E-state index is 12.1. The summed E-state index contributed by atoms with van der Waals surface area (Å²) in [7, 11) is 0. The Balaban J connectivity index is 1.97. The number of nitrogens with one attached hydrogen (secondary N) is 1. The van der Waals surface area contributed by atoms with Crippen molar-refractivity contribution in [1.29, 1.82) is 0 Å². The van der Waals surface area contributed by atoms with Crippen molar-refractivity contribution in [2.75, 3.05) is 5.32 Å². The molecule has 0 aliphatic heterocycles. The topological polar surface area (TPSA) is 62.2 Å². The second kappa shape index (κ2) is 5.01. The Kier molecular flexibility index (Phi) is 3.05. The number of anilines is 1. The van der Waals surface area contributed by atoms with Crippen LogP contribution in [0.4, 0.5) is 5.82 Å². The maximum absolute atomic E-state index is 12.1. The van der Waals surface area contributed by atoms with E-state index in [0.29, 0.717) is 11.4 Å². The van der Waals surface area contributed by atoms with Gasteiger partial charge in [0.1, 0.15) is 11.6 Å². The predicted molar refractivity (Wildman–Crippen MR) is 77.8 cm³/mol. The van der Waals surface area contributed by atoms with E-state index in [9.17, 15) is 9.90 Å². The van der Waals surface area contributed by atoms with Gasteiger partial charge in [0.15, 0.2) is 0 Å². The lowest BCUT2D eigenvalue weighted by Crippen LogP contribution is -2.12. The van der Waals surface area contributed by atoms with E-state index < -0.39 is 0 Å². The van der Waals surface area contributed by atoms with E-state index in [1.54, 1.807) is 42.6 Å². The number of nitrogens with zero attached hydrogens (tertiary/aromatic N) is 1. The van der Waals surface area contributed by atoms with Crippen molar-refractivity contribution in [3.05, 3.63) is 66.4 Å². The second-order valence-corrected chi connectivity index (χ2v) is 4.39. The van der Waals surface area contributed by atoms with Crippen LogP contribution < -0.4 is 5.32 Å². The van der Waals surface area contributed by atoms with Crippen molar-refractivity contribution < 1.29 is 9.90 Å². The number of carbonyl (C=O) groups excluding carboxylic acids is 1. The lowest BCUT2D eigenvalue weighted by molar-refractivity contribution is 0.102. The molecule has 20 heavy (non-hydrogen) atoms. The fourth-order valence-electron chi connectivity index (χ4n) is 2.03. The first kappa shape index (κ1) is 12.2. The van der Waals surface area contributed by atoms with Crippen molar-refractivity contribution in [3.63, 3.8) is 0 Å². The number of rotatable bonds is 2. The van der Waals surface area contributed by atoms with Gasteiger partial charge >= 0.3 is 0 Å². The largest absolute Gasteiger partial charge is 0.508 e. The van der Waals surface area contributed by atoms with Gasteiger partial charge in [0.25, 0.3) is 5.91 Å². The molecule has 0 unspecified atom stereocenters. The second-order valence-electron chi connectivity index (χ2n) is 4.39. The monoisotopic (exact) mass is 264 g/mol. The molecular formula is C16H12N2O2. The Morgan fingerprint density at radius 3 is 2.65 bits per heavy atom. The molecule has 1 aromatic heterocycles. The van der Waals surface area contributed by atoms with E-state index in [1.165, 1.54) is 0 Å². The molecule has 3 aromatic rings. The van der Waals surface area contributed by atoms with E-state index in [-0.39, 0.29) is 11.7 Å². The summed E-state index contributed by atoms with van der Waals surface area (Å²) < 4.78 is 0. The van der Waals surface area contributed by atoms with Gasteiger partial charge in [-0.25, -0.2) is 4.98 Å². The number of amides is 1. The van der Waals surface area contributed by atoms with Gasteiger partial charge in [-0.3, -0.25) is 4.79 Å². The summed E-state index contributed by atoms with van der Waals surface area (Å²) in [6.07, 6.45) is 1.60. The number of phenolic OH excluding ortho intramolecular Hbond substituents is 1. The zero-order chi connectivity index (χ0) is 13.9. The SMILES string of the molecule is O=C(Nc1nccc2cc(O)ccc12)c1ccccc1. The molecule has 0 fully saturated rings. The summed E-state index contributed by atoms with van der Waals surface area (Å²) in [4.78, 5) is 16.3. The molecule has 0 saturated carbocycles. The van der Waals surface area contributed by atoms with Gasteiger partial charge in [-0.2, -0.15) is 0 Å². The molecule has 3 rings (SSSR count). The molecule has 0 aliphatic carbocycles. The Labute approximate surface area is 115 Å². The van der Waals surface area contributed by atoms with Gasteiger partial charge in [0.2, 0.25) is 0 Å². The van der Waals surface area contributed by atoms with Gasteiger partial charge in [-0.1, -0.05) is 18.2 Å². The molecule has 4 nitrogen and oxygen atoms in total. The average Bonchev–Trinajstić information content (AvgIpc) is 2.48. The zero-order valence-electron chi connectivity index (χ0n) is 10.6. The van der Waals surface area contributed by atoms with Crippen molar-refractivity contribution in [2.24, 2.45) is 0 Å². The minimum absolute atomic E-state index is 0.184. The molecule has 2 aromatic carbocycles. The first-order valence-corrected chi connectivity index (χ1v) is 6.18. The highest BCUT2D eigenvalue weighted by Gasteiger charge is 2.09. The van der Waals surface area contributed by atoms with E-state index in [0.717, 1.165) is 10.8 Å². The standard InChI is InChI=1S/C16H12N2O2/c19-13-6-7-14-12(10-13)8-9-17-15(14)18-16(20)11-4-2-1-3-5-11/h1-10,19H,(H,17,18,20). The fraction of sp³-hybridized carbons (Fsp3) is 0. The molecule has 0 saturated heterocycles. The molecule has 98 valence electrons. The summed E-state index contributed by atoms with van der Waals surface area (Å²) in [5.41, 5.74) is 0.574. The number of hydrogen-bond acceptors (Lipinski definition) is 3. The summed E-state index contributed by atoms with van der Waals surface area (Å²) in [6, 6.07) is 15.7. The normalized spacial score (nSPS) is 10.4. The van der Waals surface area contributed by atoms with Gasteiger partial charge in [0, 0.05) is 17.1 Å². The van der Waals surface area contributed by atoms with E-state index in [4.69, 9.17) is 0 Å². The molecule has 0 aliphatic rings. The number of fused-ring (bicyclic) bond motifs is 1. The number of hydrogen-bond donors (Lipinski definition) is 2. The van der Waals surface area contributed by atoms with E-state index in [2.05, 4.69) is 10.3 Å². The first-order chi connectivity index (χ1) is 9.74. The summed E-state index contributed by atoms with van der Waals surface area (Å²) in [5, 5.41) is 13.9. The van der Waals surface area contributed by atoms with Gasteiger partial charge < -0.3 is 10.4 Å². The van der Waals surface area contributed by atoms with Crippen LogP contribution in [-0.4, -0.2) is 16.0 Å². The summed E-state index contributed by atoms with van der Waals surface area (Å²) in [6.45, 7) is 0. The fourth-order valence-corrected chi connectivity index (χ4v) is 2.03. The summed E-state index contributed by atoms with van der Waals surface area (Å²) in [5.74, 6) is 0.457. The van der Waals surface area contributed by atoms with Crippen molar-refractivity contribution in [1.82, 2.24) is 4.98 Å². The third-order valence-corrected chi connectivity index (χ3v) is 3.02. The first-order valence-electron chi connectivity index (χ1n) is 6.18. The maximum Gasteiger partial charge on any atom is 0.256 e. The highest BCUT2D eigenvalue weighted by Crippen LogP contribution is 2.24. The van der Waals surface area contributed by atoms with Crippen molar-refractivity contribution >= 4 is 22.5 Å². The molecular weight excluding hydrogens is 252 g/mol. The molecule has 2 N–H and O–H groups in total. The highest BCUT2D eigenvalue weighted by molar-refractivity contribution is 6.08. The van der Waals surface area contributed by atoms with Crippen LogP contribution in [0.1, 0.15) is 10.4 Å². The molecule has 1 amide bonds. The number of benzene rings is 2. The minimum atomic E-state index is -0.210. The van der Waals surface area contributed by atoms with Gasteiger partial charge in [0.05, 0.1) is 0 Å². The van der Waals surface area contributed by atoms with Gasteiger partial charge in [-0.15, -0.1) is 0 Å². The third kappa shape index (κ3) is 2.31. The van der Waals surface area contributed by atoms with Crippen LogP contribution in [0.25, 0.3) is 10.8 Å². The van der Waals surface area contributed by atoms with E-state index in [1.807, 2.05) is 18.2 Å². The van der Waals surface area contributed by atoms with Crippen LogP contribution in [0, 0.1) is 0 Å². The summed E-state index contributed by atoms with van der Waals surface area (Å²) >= 11 is 0. The molecule has 4 heteroatoms. The lowest BCUT2D eigenvalue weighted by Gasteiger charge is -2.08. The quantitative estimate of drug-likeness (QED) is 0.747. The number of aromatic nitrogens is 1. The van der Waals surface area contributed by atoms with Crippen LogP contribution in [0.3, 0.4) is 0 Å². The van der Waals surface area contributed by atoms with Crippen LogP contribution in [0.15, 0.2) is 60.8 Å². The van der Waals surface area contributed by atoms with Crippen LogP contribution >= 0.6 is 0 Å². The molecule has 0 spiro atoms. The van der Waals surface area contributed by atoms with Crippen molar-refractivity contribution in [3.8, 4) is 5.75 Å². The van der Waals surface area contributed by atoms with Crippen LogP contribution in [0.5, 0.6) is 5.75 Å². The Bertz CT molecular complexity index is 770. The number of phenols is 1. The Hall–Kier alpha value is -2.88. The number of pyridine rings is 1. The lowest BCUT2D eigenvalue weighted by atomic mass is 10.1.